The quantitative estimate of drug-likeness (QED) is 0.408. The molecule has 3 aromatic rings. The van der Waals surface area contributed by atoms with Crippen molar-refractivity contribution in [2.75, 3.05) is 13.1 Å². The Balaban J connectivity index is 1.79. The molecule has 2 aromatic carbocycles. The fourth-order valence-electron chi connectivity index (χ4n) is 3.38. The van der Waals surface area contributed by atoms with Crippen LogP contribution in [-0.2, 0) is 17.9 Å². The molecule has 0 aliphatic carbocycles. The first-order valence-corrected chi connectivity index (χ1v) is 11.2. The van der Waals surface area contributed by atoms with Crippen molar-refractivity contribution in [3.63, 3.8) is 0 Å². The highest BCUT2D eigenvalue weighted by atomic mass is 79.9. The third-order valence-electron chi connectivity index (χ3n) is 4.89. The predicted molar refractivity (Wildman–Crippen MR) is 124 cm³/mol. The summed E-state index contributed by atoms with van der Waals surface area (Å²) in [6, 6.07) is 20.9. The molecule has 0 spiro atoms. The summed E-state index contributed by atoms with van der Waals surface area (Å²) < 4.78 is 6.54. The van der Waals surface area contributed by atoms with Crippen LogP contribution in [0, 0.1) is 6.92 Å². The molecule has 0 aliphatic rings. The first kappa shape index (κ1) is 22.8. The molecule has 0 unspecified atom stereocenters. The maximum absolute atomic E-state index is 13.3. The molecule has 162 valence electrons. The number of nitrogens with zero attached hydrogens (tertiary/aromatic N) is 2. The van der Waals surface area contributed by atoms with E-state index in [1.54, 1.807) is 21.9 Å². The van der Waals surface area contributed by atoms with Crippen LogP contribution >= 0.6 is 15.9 Å². The average molecular weight is 483 g/mol. The van der Waals surface area contributed by atoms with Crippen LogP contribution in [0.25, 0.3) is 0 Å². The van der Waals surface area contributed by atoms with E-state index < -0.39 is 0 Å². The molecule has 0 radical (unpaired) electrons. The van der Waals surface area contributed by atoms with Crippen molar-refractivity contribution in [3.05, 3.63) is 93.9 Å². The Bertz CT molecular complexity index is 1020. The average Bonchev–Trinajstić information content (AvgIpc) is 3.17. The van der Waals surface area contributed by atoms with Crippen molar-refractivity contribution in [3.8, 4) is 0 Å². The molecule has 1 heterocycles. The number of hydrogen-bond donors (Lipinski definition) is 0. The molecule has 31 heavy (non-hydrogen) atoms. The first-order chi connectivity index (χ1) is 15.0. The minimum atomic E-state index is -0.148. The Morgan fingerprint density at radius 1 is 0.935 bits per heavy atom. The number of aryl methyl sites for hydroxylation is 1. The van der Waals surface area contributed by atoms with Gasteiger partial charge in [-0.3, -0.25) is 9.59 Å². The van der Waals surface area contributed by atoms with Crippen LogP contribution in [-0.4, -0.2) is 34.7 Å². The number of furan rings is 1. The van der Waals surface area contributed by atoms with E-state index in [2.05, 4.69) is 15.9 Å². The summed E-state index contributed by atoms with van der Waals surface area (Å²) in [7, 11) is 0. The van der Waals surface area contributed by atoms with Gasteiger partial charge in [-0.25, -0.2) is 0 Å². The SMILES string of the molecule is CCCN(CC(=O)N(Cc1ccccc1)Cc1ccc(C)o1)C(=O)c1cccc(Br)c1. The van der Waals surface area contributed by atoms with Crippen LogP contribution in [0.15, 0.2) is 75.6 Å². The molecule has 0 aliphatic heterocycles. The molecular weight excluding hydrogens is 456 g/mol. The van der Waals surface area contributed by atoms with Gasteiger partial charge in [-0.05, 0) is 49.2 Å². The number of benzene rings is 2. The summed E-state index contributed by atoms with van der Waals surface area (Å²) in [5, 5.41) is 0. The van der Waals surface area contributed by atoms with Gasteiger partial charge in [0.05, 0.1) is 6.54 Å². The molecule has 1 aromatic heterocycles. The molecule has 2 amide bonds. The van der Waals surface area contributed by atoms with Gasteiger partial charge in [0.2, 0.25) is 5.91 Å². The number of halogens is 1. The van der Waals surface area contributed by atoms with Crippen LogP contribution in [0.4, 0.5) is 0 Å². The van der Waals surface area contributed by atoms with E-state index in [0.29, 0.717) is 25.2 Å². The fraction of sp³-hybridized carbons (Fsp3) is 0.280. The Hall–Kier alpha value is -2.86. The van der Waals surface area contributed by atoms with Gasteiger partial charge in [0.25, 0.3) is 5.91 Å². The molecule has 3 rings (SSSR count). The van der Waals surface area contributed by atoms with Crippen molar-refractivity contribution >= 4 is 27.7 Å². The molecule has 0 saturated heterocycles. The van der Waals surface area contributed by atoms with Crippen LogP contribution in [0.2, 0.25) is 0 Å². The topological polar surface area (TPSA) is 53.8 Å². The van der Waals surface area contributed by atoms with Gasteiger partial charge in [0.15, 0.2) is 0 Å². The minimum absolute atomic E-state index is 0.0196. The largest absolute Gasteiger partial charge is 0.464 e. The lowest BCUT2D eigenvalue weighted by Crippen LogP contribution is -2.42. The van der Waals surface area contributed by atoms with E-state index in [1.807, 2.05) is 68.4 Å². The van der Waals surface area contributed by atoms with E-state index in [0.717, 1.165) is 28.0 Å². The monoisotopic (exact) mass is 482 g/mol. The van der Waals surface area contributed by atoms with E-state index in [4.69, 9.17) is 4.42 Å². The summed E-state index contributed by atoms with van der Waals surface area (Å²) in [6.45, 7) is 5.21. The number of amides is 2. The van der Waals surface area contributed by atoms with Gasteiger partial charge in [0.1, 0.15) is 18.1 Å². The van der Waals surface area contributed by atoms with Crippen LogP contribution in [0.5, 0.6) is 0 Å². The highest BCUT2D eigenvalue weighted by Gasteiger charge is 2.23. The van der Waals surface area contributed by atoms with E-state index in [-0.39, 0.29) is 18.4 Å². The Morgan fingerprint density at radius 3 is 2.35 bits per heavy atom. The highest BCUT2D eigenvalue weighted by Crippen LogP contribution is 2.16. The summed E-state index contributed by atoms with van der Waals surface area (Å²) in [5.41, 5.74) is 1.59. The van der Waals surface area contributed by atoms with Crippen molar-refractivity contribution < 1.29 is 14.0 Å². The second-order valence-electron chi connectivity index (χ2n) is 7.48. The smallest absolute Gasteiger partial charge is 0.254 e. The van der Waals surface area contributed by atoms with Gasteiger partial charge in [0, 0.05) is 23.1 Å². The maximum Gasteiger partial charge on any atom is 0.254 e. The van der Waals surface area contributed by atoms with Crippen molar-refractivity contribution in [1.82, 2.24) is 9.80 Å². The van der Waals surface area contributed by atoms with Gasteiger partial charge < -0.3 is 14.2 Å². The first-order valence-electron chi connectivity index (χ1n) is 10.4. The summed E-state index contributed by atoms with van der Waals surface area (Å²) >= 11 is 3.41. The van der Waals surface area contributed by atoms with Gasteiger partial charge in [-0.2, -0.15) is 0 Å². The van der Waals surface area contributed by atoms with Gasteiger partial charge in [-0.1, -0.05) is 59.3 Å². The second kappa shape index (κ2) is 11.0. The molecule has 0 fully saturated rings. The lowest BCUT2D eigenvalue weighted by atomic mass is 10.2. The Kier molecular flexibility index (Phi) is 8.06. The maximum atomic E-state index is 13.3. The molecular formula is C25H27BrN2O3. The highest BCUT2D eigenvalue weighted by molar-refractivity contribution is 9.10. The van der Waals surface area contributed by atoms with Crippen molar-refractivity contribution in [2.45, 2.75) is 33.4 Å². The zero-order valence-corrected chi connectivity index (χ0v) is 19.5. The Morgan fingerprint density at radius 2 is 1.71 bits per heavy atom. The minimum Gasteiger partial charge on any atom is -0.464 e. The molecule has 5 nitrogen and oxygen atoms in total. The van der Waals surface area contributed by atoms with Crippen molar-refractivity contribution in [1.29, 1.82) is 0 Å². The lowest BCUT2D eigenvalue weighted by molar-refractivity contribution is -0.133. The number of carbonyl (C=O) groups excluding carboxylic acids is 2. The third-order valence-corrected chi connectivity index (χ3v) is 5.38. The van der Waals surface area contributed by atoms with Crippen LogP contribution in [0.3, 0.4) is 0 Å². The molecule has 0 bridgehead atoms. The number of carbonyl (C=O) groups is 2. The summed E-state index contributed by atoms with van der Waals surface area (Å²) in [6.07, 6.45) is 0.767. The van der Waals surface area contributed by atoms with Gasteiger partial charge >= 0.3 is 0 Å². The van der Waals surface area contributed by atoms with E-state index in [1.165, 1.54) is 0 Å². The lowest BCUT2D eigenvalue weighted by Gasteiger charge is -2.27. The normalized spacial score (nSPS) is 10.7. The number of rotatable bonds is 9. The summed E-state index contributed by atoms with van der Waals surface area (Å²) in [5.74, 6) is 1.27. The zero-order valence-electron chi connectivity index (χ0n) is 17.9. The molecule has 0 saturated carbocycles. The molecule has 6 heteroatoms. The third kappa shape index (κ3) is 6.56. The summed E-state index contributed by atoms with van der Waals surface area (Å²) in [4.78, 5) is 29.8. The second-order valence-corrected chi connectivity index (χ2v) is 8.40. The zero-order chi connectivity index (χ0) is 22.2. The fourth-order valence-corrected chi connectivity index (χ4v) is 3.78. The number of hydrogen-bond acceptors (Lipinski definition) is 3. The predicted octanol–water partition coefficient (Wildman–Crippen LogP) is 5.43. The van der Waals surface area contributed by atoms with Crippen molar-refractivity contribution in [2.24, 2.45) is 0 Å². The van der Waals surface area contributed by atoms with Crippen LogP contribution < -0.4 is 0 Å². The van der Waals surface area contributed by atoms with E-state index in [9.17, 15) is 9.59 Å². The van der Waals surface area contributed by atoms with Gasteiger partial charge in [-0.15, -0.1) is 0 Å². The Labute approximate surface area is 191 Å². The molecule has 0 atom stereocenters. The standard InChI is InChI=1S/C25H27BrN2O3/c1-3-14-27(25(30)21-10-7-11-22(26)15-21)18-24(29)28(16-20-8-5-4-6-9-20)17-23-13-12-19(2)31-23/h4-13,15H,3,14,16-18H2,1-2H3. The van der Waals surface area contributed by atoms with Crippen LogP contribution in [0.1, 0.15) is 40.8 Å². The van der Waals surface area contributed by atoms with E-state index >= 15 is 0 Å². The molecule has 0 N–H and O–H groups in total.